The molecule has 1 aromatic rings. The second-order valence-corrected chi connectivity index (χ2v) is 5.79. The molecule has 0 heterocycles. The smallest absolute Gasteiger partial charge is 0.315 e. The van der Waals surface area contributed by atoms with Gasteiger partial charge >= 0.3 is 12.0 Å². The van der Waals surface area contributed by atoms with Gasteiger partial charge in [-0.1, -0.05) is 43.7 Å². The van der Waals surface area contributed by atoms with Crippen LogP contribution >= 0.6 is 0 Å². The fraction of sp³-hybridized carbons (Fsp3) is 0.500. The summed E-state index contributed by atoms with van der Waals surface area (Å²) in [6.07, 6.45) is 1.67. The molecule has 3 N–H and O–H groups in total. The van der Waals surface area contributed by atoms with E-state index in [9.17, 15) is 9.59 Å². The quantitative estimate of drug-likeness (QED) is 0.722. The molecule has 0 aromatic heterocycles. The van der Waals surface area contributed by atoms with Gasteiger partial charge in [-0.05, 0) is 25.8 Å². The number of hydrogen-bond acceptors (Lipinski definition) is 2. The van der Waals surface area contributed by atoms with E-state index in [1.807, 2.05) is 44.2 Å². The molecule has 1 unspecified atom stereocenters. The molecule has 5 heteroatoms. The van der Waals surface area contributed by atoms with Gasteiger partial charge in [0, 0.05) is 5.54 Å². The summed E-state index contributed by atoms with van der Waals surface area (Å²) in [7, 11) is 0. The Labute approximate surface area is 125 Å². The summed E-state index contributed by atoms with van der Waals surface area (Å²) in [4.78, 5) is 23.1. The van der Waals surface area contributed by atoms with Crippen LogP contribution in [0.25, 0.3) is 0 Å². The molecule has 0 saturated heterocycles. The Hall–Kier alpha value is -2.04. The largest absolute Gasteiger partial charge is 0.481 e. The molecule has 5 nitrogen and oxygen atoms in total. The van der Waals surface area contributed by atoms with Crippen molar-refractivity contribution >= 4 is 12.0 Å². The van der Waals surface area contributed by atoms with Gasteiger partial charge in [0.2, 0.25) is 0 Å². The first-order chi connectivity index (χ1) is 9.84. The van der Waals surface area contributed by atoms with Crippen molar-refractivity contribution in [2.45, 2.75) is 51.6 Å². The minimum absolute atomic E-state index is 0.147. The van der Waals surface area contributed by atoms with E-state index in [1.54, 1.807) is 0 Å². The number of carbonyl (C=O) groups is 2. The van der Waals surface area contributed by atoms with Gasteiger partial charge in [0.1, 0.15) is 0 Å². The highest BCUT2D eigenvalue weighted by Gasteiger charge is 2.22. The number of hydrogen-bond donors (Lipinski definition) is 3. The maximum atomic E-state index is 12.1. The lowest BCUT2D eigenvalue weighted by Crippen LogP contribution is -2.49. The fourth-order valence-corrected chi connectivity index (χ4v) is 2.30. The average molecular weight is 292 g/mol. The van der Waals surface area contributed by atoms with Gasteiger partial charge in [-0.15, -0.1) is 0 Å². The number of aliphatic carboxylic acids is 1. The number of carbonyl (C=O) groups excluding carboxylic acids is 1. The zero-order chi connectivity index (χ0) is 15.9. The molecule has 0 radical (unpaired) electrons. The van der Waals surface area contributed by atoms with Crippen LogP contribution in [0.4, 0.5) is 4.79 Å². The molecule has 1 rings (SSSR count). The van der Waals surface area contributed by atoms with Crippen molar-refractivity contribution in [1.29, 1.82) is 0 Å². The van der Waals surface area contributed by atoms with E-state index in [0.29, 0.717) is 0 Å². The fourth-order valence-electron chi connectivity index (χ4n) is 2.30. The molecule has 21 heavy (non-hydrogen) atoms. The molecule has 2 amide bonds. The normalized spacial score (nSPS) is 12.5. The average Bonchev–Trinajstić information content (AvgIpc) is 2.37. The molecule has 0 spiro atoms. The molecule has 0 aliphatic heterocycles. The number of benzene rings is 1. The summed E-state index contributed by atoms with van der Waals surface area (Å²) in [6.45, 7) is 5.95. The van der Waals surface area contributed by atoms with Crippen LogP contribution in [0.3, 0.4) is 0 Å². The van der Waals surface area contributed by atoms with Crippen LogP contribution in [-0.2, 0) is 4.79 Å². The number of carboxylic acid groups (broad SMARTS) is 1. The minimum Gasteiger partial charge on any atom is -0.481 e. The maximum absolute atomic E-state index is 12.1. The van der Waals surface area contributed by atoms with Crippen LogP contribution < -0.4 is 10.6 Å². The first-order valence-corrected chi connectivity index (χ1v) is 7.19. The van der Waals surface area contributed by atoms with E-state index < -0.39 is 12.0 Å². The maximum Gasteiger partial charge on any atom is 0.315 e. The van der Waals surface area contributed by atoms with Gasteiger partial charge in [0.25, 0.3) is 0 Å². The van der Waals surface area contributed by atoms with Crippen LogP contribution in [0.15, 0.2) is 30.3 Å². The third-order valence-corrected chi connectivity index (χ3v) is 3.21. The highest BCUT2D eigenvalue weighted by molar-refractivity contribution is 5.76. The van der Waals surface area contributed by atoms with E-state index in [1.165, 1.54) is 0 Å². The van der Waals surface area contributed by atoms with Crippen molar-refractivity contribution in [3.05, 3.63) is 35.9 Å². The summed E-state index contributed by atoms with van der Waals surface area (Å²) in [6, 6.07) is 8.24. The number of carboxylic acids is 1. The van der Waals surface area contributed by atoms with E-state index in [4.69, 9.17) is 5.11 Å². The van der Waals surface area contributed by atoms with E-state index >= 15 is 0 Å². The second-order valence-electron chi connectivity index (χ2n) is 5.79. The molecular formula is C16H24N2O3. The van der Waals surface area contributed by atoms with Crippen LogP contribution in [0.2, 0.25) is 0 Å². The van der Waals surface area contributed by atoms with E-state index in [2.05, 4.69) is 17.6 Å². The molecule has 0 saturated carbocycles. The van der Waals surface area contributed by atoms with Crippen molar-refractivity contribution in [1.82, 2.24) is 10.6 Å². The predicted octanol–water partition coefficient (Wildman–Crippen LogP) is 3.08. The number of urea groups is 1. The van der Waals surface area contributed by atoms with E-state index in [-0.39, 0.29) is 18.0 Å². The molecule has 0 aliphatic rings. The van der Waals surface area contributed by atoms with Crippen molar-refractivity contribution in [3.8, 4) is 0 Å². The zero-order valence-electron chi connectivity index (χ0n) is 12.8. The first-order valence-electron chi connectivity index (χ1n) is 7.19. The Morgan fingerprint density at radius 2 is 1.86 bits per heavy atom. The van der Waals surface area contributed by atoms with Crippen molar-refractivity contribution in [2.24, 2.45) is 0 Å². The number of rotatable bonds is 7. The highest BCUT2D eigenvalue weighted by atomic mass is 16.4. The first kappa shape index (κ1) is 17.0. The SMILES string of the molecule is CCCC(C)(C)NC(=O)NC(CC(=O)O)c1ccccc1. The summed E-state index contributed by atoms with van der Waals surface area (Å²) in [5.41, 5.74) is 0.465. The molecule has 1 aromatic carbocycles. The lowest BCUT2D eigenvalue weighted by atomic mass is 9.99. The monoisotopic (exact) mass is 292 g/mol. The van der Waals surface area contributed by atoms with Crippen LogP contribution in [0.5, 0.6) is 0 Å². The summed E-state index contributed by atoms with van der Waals surface area (Å²) < 4.78 is 0. The molecule has 0 aliphatic carbocycles. The van der Waals surface area contributed by atoms with Gasteiger partial charge in [-0.3, -0.25) is 4.79 Å². The number of amides is 2. The van der Waals surface area contributed by atoms with Crippen molar-refractivity contribution in [3.63, 3.8) is 0 Å². The molecule has 0 bridgehead atoms. The minimum atomic E-state index is -0.947. The molecule has 0 fully saturated rings. The van der Waals surface area contributed by atoms with Crippen molar-refractivity contribution < 1.29 is 14.7 Å². The van der Waals surface area contributed by atoms with Crippen LogP contribution in [0, 0.1) is 0 Å². The Morgan fingerprint density at radius 3 is 2.38 bits per heavy atom. The molecule has 116 valence electrons. The third kappa shape index (κ3) is 6.29. The lowest BCUT2D eigenvalue weighted by Gasteiger charge is -2.27. The second kappa shape index (κ2) is 7.67. The van der Waals surface area contributed by atoms with Crippen LogP contribution in [-0.4, -0.2) is 22.6 Å². The molecule has 1 atom stereocenters. The topological polar surface area (TPSA) is 78.4 Å². The van der Waals surface area contributed by atoms with Crippen LogP contribution in [0.1, 0.15) is 51.6 Å². The van der Waals surface area contributed by atoms with Gasteiger partial charge in [-0.25, -0.2) is 4.79 Å². The van der Waals surface area contributed by atoms with E-state index in [0.717, 1.165) is 18.4 Å². The predicted molar refractivity (Wildman–Crippen MR) is 82.1 cm³/mol. The van der Waals surface area contributed by atoms with Gasteiger partial charge in [0.05, 0.1) is 12.5 Å². The third-order valence-electron chi connectivity index (χ3n) is 3.21. The summed E-state index contributed by atoms with van der Waals surface area (Å²) in [5.74, 6) is -0.947. The Balaban J connectivity index is 2.73. The standard InChI is InChI=1S/C16H24N2O3/c1-4-10-16(2,3)18-15(21)17-13(11-14(19)20)12-8-6-5-7-9-12/h5-9,13H,4,10-11H2,1-3H3,(H,19,20)(H2,17,18,21). The van der Waals surface area contributed by atoms with Gasteiger partial charge < -0.3 is 15.7 Å². The highest BCUT2D eigenvalue weighted by Crippen LogP contribution is 2.17. The number of nitrogens with one attached hydrogen (secondary N) is 2. The Morgan fingerprint density at radius 1 is 1.24 bits per heavy atom. The van der Waals surface area contributed by atoms with Gasteiger partial charge in [0.15, 0.2) is 0 Å². The lowest BCUT2D eigenvalue weighted by molar-refractivity contribution is -0.137. The Bertz CT molecular complexity index is 472. The zero-order valence-corrected chi connectivity index (χ0v) is 12.8. The van der Waals surface area contributed by atoms with Gasteiger partial charge in [-0.2, -0.15) is 0 Å². The summed E-state index contributed by atoms with van der Waals surface area (Å²) >= 11 is 0. The summed E-state index contributed by atoms with van der Waals surface area (Å²) in [5, 5.41) is 14.6. The molecular weight excluding hydrogens is 268 g/mol. The van der Waals surface area contributed by atoms with Crippen molar-refractivity contribution in [2.75, 3.05) is 0 Å². The Kier molecular flexibility index (Phi) is 6.21.